The van der Waals surface area contributed by atoms with E-state index in [1.165, 1.54) is 6.07 Å². The summed E-state index contributed by atoms with van der Waals surface area (Å²) in [5, 5.41) is 16.8. The summed E-state index contributed by atoms with van der Waals surface area (Å²) in [7, 11) is 0. The first-order valence-electron chi connectivity index (χ1n) is 10.4. The second kappa shape index (κ2) is 10.6. The molecule has 2 heterocycles. The van der Waals surface area contributed by atoms with E-state index < -0.39 is 12.0 Å². The normalized spacial score (nSPS) is 21.2. The molecule has 1 saturated heterocycles. The molecule has 1 aromatic carbocycles. The van der Waals surface area contributed by atoms with Gasteiger partial charge in [-0.25, -0.2) is 9.07 Å². The SMILES string of the molecule is Cl.O=C(O)CCn1nncc1/C=C1/CN(C(C(=O)C2CC2)c2ccccc2F)CCC1S. The van der Waals surface area contributed by atoms with Crippen LogP contribution in [0.4, 0.5) is 4.39 Å². The van der Waals surface area contributed by atoms with E-state index >= 15 is 0 Å². The van der Waals surface area contributed by atoms with Crippen LogP contribution in [0.2, 0.25) is 0 Å². The van der Waals surface area contributed by atoms with E-state index in [-0.39, 0.29) is 48.1 Å². The zero-order valence-electron chi connectivity index (χ0n) is 17.4. The highest BCUT2D eigenvalue weighted by atomic mass is 35.5. The maximum Gasteiger partial charge on any atom is 0.305 e. The Bertz CT molecular complexity index is 1010. The van der Waals surface area contributed by atoms with Crippen molar-refractivity contribution < 1.29 is 19.1 Å². The Labute approximate surface area is 197 Å². The number of Topliss-reactive ketones (excluding diaryl/α,β-unsaturated/α-hetero) is 1. The van der Waals surface area contributed by atoms with Gasteiger partial charge in [0.15, 0.2) is 5.78 Å². The fourth-order valence-electron chi connectivity index (χ4n) is 4.02. The quantitative estimate of drug-likeness (QED) is 0.563. The molecule has 1 aliphatic heterocycles. The fraction of sp³-hybridized carbons (Fsp3) is 0.455. The van der Waals surface area contributed by atoms with E-state index in [1.807, 2.05) is 11.0 Å². The smallest absolute Gasteiger partial charge is 0.305 e. The predicted molar refractivity (Wildman–Crippen MR) is 123 cm³/mol. The third-order valence-electron chi connectivity index (χ3n) is 5.84. The summed E-state index contributed by atoms with van der Waals surface area (Å²) in [6, 6.07) is 5.88. The van der Waals surface area contributed by atoms with Crippen molar-refractivity contribution in [2.24, 2.45) is 5.92 Å². The second-order valence-corrected chi connectivity index (χ2v) is 8.74. The van der Waals surface area contributed by atoms with Crippen LogP contribution in [0.3, 0.4) is 0 Å². The highest BCUT2D eigenvalue weighted by molar-refractivity contribution is 7.81. The molecular weight excluding hydrogens is 455 g/mol. The Hall–Kier alpha value is -2.23. The number of carbonyl (C=O) groups excluding carboxylic acids is 1. The van der Waals surface area contributed by atoms with Crippen molar-refractivity contribution in [1.29, 1.82) is 0 Å². The van der Waals surface area contributed by atoms with Crippen molar-refractivity contribution in [3.05, 3.63) is 53.1 Å². The number of aromatic nitrogens is 3. The van der Waals surface area contributed by atoms with Gasteiger partial charge in [-0.05, 0) is 37.0 Å². The monoisotopic (exact) mass is 480 g/mol. The number of benzene rings is 1. The molecule has 2 aromatic rings. The van der Waals surface area contributed by atoms with E-state index in [1.54, 1.807) is 29.1 Å². The summed E-state index contributed by atoms with van der Waals surface area (Å²) in [6.07, 6.45) is 5.88. The number of hydrogen-bond acceptors (Lipinski definition) is 6. The van der Waals surface area contributed by atoms with Gasteiger partial charge in [-0.15, -0.1) is 17.5 Å². The summed E-state index contributed by atoms with van der Waals surface area (Å²) in [4.78, 5) is 26.1. The third-order valence-corrected chi connectivity index (χ3v) is 6.43. The number of carboxylic acids is 1. The Morgan fingerprint density at radius 2 is 2.03 bits per heavy atom. The topological polar surface area (TPSA) is 88.3 Å². The highest BCUT2D eigenvalue weighted by Gasteiger charge is 2.40. The Morgan fingerprint density at radius 3 is 2.72 bits per heavy atom. The summed E-state index contributed by atoms with van der Waals surface area (Å²) >= 11 is 4.71. The van der Waals surface area contributed by atoms with E-state index in [9.17, 15) is 14.0 Å². The lowest BCUT2D eigenvalue weighted by atomic mass is 9.93. The molecule has 0 bridgehead atoms. The molecule has 1 N–H and O–H groups in total. The Balaban J connectivity index is 0.00000289. The summed E-state index contributed by atoms with van der Waals surface area (Å²) in [5.74, 6) is -1.19. The van der Waals surface area contributed by atoms with E-state index in [0.717, 1.165) is 18.4 Å². The van der Waals surface area contributed by atoms with Gasteiger partial charge in [0.1, 0.15) is 5.82 Å². The number of nitrogens with zero attached hydrogens (tertiary/aromatic N) is 4. The molecule has 1 aliphatic carbocycles. The number of aliphatic carboxylic acids is 1. The lowest BCUT2D eigenvalue weighted by Gasteiger charge is -2.37. The summed E-state index contributed by atoms with van der Waals surface area (Å²) in [6.45, 7) is 1.32. The summed E-state index contributed by atoms with van der Waals surface area (Å²) in [5.41, 5.74) is 2.08. The van der Waals surface area contributed by atoms with Gasteiger partial charge in [-0.1, -0.05) is 23.4 Å². The minimum Gasteiger partial charge on any atom is -0.481 e. The van der Waals surface area contributed by atoms with Crippen LogP contribution in [0.5, 0.6) is 0 Å². The predicted octanol–water partition coefficient (Wildman–Crippen LogP) is 3.42. The number of piperidine rings is 1. The first-order valence-corrected chi connectivity index (χ1v) is 11.0. The van der Waals surface area contributed by atoms with Gasteiger partial charge < -0.3 is 5.11 Å². The van der Waals surface area contributed by atoms with Gasteiger partial charge in [-0.3, -0.25) is 14.5 Å². The average Bonchev–Trinajstić information content (AvgIpc) is 3.50. The average molecular weight is 481 g/mol. The molecule has 2 aliphatic rings. The molecule has 7 nitrogen and oxygen atoms in total. The largest absolute Gasteiger partial charge is 0.481 e. The van der Waals surface area contributed by atoms with Gasteiger partial charge in [0.2, 0.25) is 0 Å². The fourth-order valence-corrected chi connectivity index (χ4v) is 4.29. The van der Waals surface area contributed by atoms with Crippen LogP contribution in [-0.2, 0) is 16.1 Å². The second-order valence-electron chi connectivity index (χ2n) is 8.12. The van der Waals surface area contributed by atoms with E-state index in [4.69, 9.17) is 17.7 Å². The molecule has 172 valence electrons. The maximum absolute atomic E-state index is 14.6. The van der Waals surface area contributed by atoms with Crippen molar-refractivity contribution in [2.75, 3.05) is 13.1 Å². The summed E-state index contributed by atoms with van der Waals surface area (Å²) < 4.78 is 16.2. The zero-order valence-corrected chi connectivity index (χ0v) is 19.1. The lowest BCUT2D eigenvalue weighted by molar-refractivity contribution is -0.137. The molecule has 0 spiro atoms. The van der Waals surface area contributed by atoms with Crippen LogP contribution in [0, 0.1) is 11.7 Å². The molecule has 0 radical (unpaired) electrons. The number of rotatable bonds is 8. The minimum atomic E-state index is -0.906. The molecule has 10 heteroatoms. The van der Waals surface area contributed by atoms with Crippen LogP contribution >= 0.6 is 25.0 Å². The number of likely N-dealkylation sites (tertiary alicyclic amines) is 1. The first kappa shape index (κ1) is 24.4. The van der Waals surface area contributed by atoms with Gasteiger partial charge in [0.05, 0.1) is 30.9 Å². The number of ketones is 1. The Morgan fingerprint density at radius 1 is 1.28 bits per heavy atom. The van der Waals surface area contributed by atoms with Crippen molar-refractivity contribution in [3.63, 3.8) is 0 Å². The number of hydrogen-bond donors (Lipinski definition) is 2. The number of thiol groups is 1. The number of halogens is 2. The van der Waals surface area contributed by atoms with Crippen LogP contribution in [0.1, 0.15) is 43.0 Å². The molecule has 2 atom stereocenters. The molecule has 32 heavy (non-hydrogen) atoms. The van der Waals surface area contributed by atoms with Crippen LogP contribution in [0.15, 0.2) is 36.0 Å². The van der Waals surface area contributed by atoms with E-state index in [0.29, 0.717) is 30.8 Å². The highest BCUT2D eigenvalue weighted by Crippen LogP contribution is 2.39. The van der Waals surface area contributed by atoms with Gasteiger partial charge in [-0.2, -0.15) is 12.6 Å². The number of carbonyl (C=O) groups is 2. The molecule has 4 rings (SSSR count). The van der Waals surface area contributed by atoms with Crippen molar-refractivity contribution >= 4 is 42.9 Å². The molecule has 2 unspecified atom stereocenters. The molecule has 2 fully saturated rings. The number of carboxylic acid groups (broad SMARTS) is 1. The van der Waals surface area contributed by atoms with Crippen molar-refractivity contribution in [2.45, 2.75) is 43.5 Å². The zero-order chi connectivity index (χ0) is 22.0. The van der Waals surface area contributed by atoms with Crippen LogP contribution < -0.4 is 0 Å². The van der Waals surface area contributed by atoms with Gasteiger partial charge >= 0.3 is 5.97 Å². The lowest BCUT2D eigenvalue weighted by Crippen LogP contribution is -2.42. The van der Waals surface area contributed by atoms with Crippen LogP contribution in [0.25, 0.3) is 6.08 Å². The van der Waals surface area contributed by atoms with Gasteiger partial charge in [0.25, 0.3) is 0 Å². The van der Waals surface area contributed by atoms with Crippen molar-refractivity contribution in [1.82, 2.24) is 19.9 Å². The standard InChI is InChI=1S/C22H25FN4O3S.ClH/c23-18-4-2-1-3-17(18)21(22(30)14-5-6-14)26-9-7-19(31)15(13-26)11-16-12-24-25-27(16)10-8-20(28)29;/h1-4,11-12,14,19,21,31H,5-10,13H2,(H,28,29);1H/b15-11-;. The van der Waals surface area contributed by atoms with Crippen LogP contribution in [-0.4, -0.2) is 55.1 Å². The Kier molecular flexibility index (Phi) is 8.08. The molecule has 1 saturated carbocycles. The first-order chi connectivity index (χ1) is 14.9. The molecule has 1 aromatic heterocycles. The third kappa shape index (κ3) is 5.57. The maximum atomic E-state index is 14.6. The van der Waals surface area contributed by atoms with E-state index in [2.05, 4.69) is 10.3 Å². The molecular formula is C22H26ClFN4O3S. The molecule has 0 amide bonds. The number of aryl methyl sites for hydroxylation is 1. The van der Waals surface area contributed by atoms with Crippen molar-refractivity contribution in [3.8, 4) is 0 Å². The van der Waals surface area contributed by atoms with Gasteiger partial charge in [0, 0.05) is 29.8 Å². The minimum absolute atomic E-state index is 0.